The summed E-state index contributed by atoms with van der Waals surface area (Å²) < 4.78 is 347. The number of carbonyl (C=O) groups is 2. The quantitative estimate of drug-likeness (QED) is 0.0432. The van der Waals surface area contributed by atoms with Gasteiger partial charge in [0.1, 0.15) is 89.8 Å². The van der Waals surface area contributed by atoms with Gasteiger partial charge in [0.05, 0.1) is 103 Å². The van der Waals surface area contributed by atoms with Gasteiger partial charge in [0, 0.05) is 74.1 Å². The number of hydrogen-bond acceptors (Lipinski definition) is 20. The molecule has 53 heteroatoms. The minimum absolute atomic E-state index is 0.0694. The van der Waals surface area contributed by atoms with Crippen molar-refractivity contribution in [3.05, 3.63) is 196 Å². The van der Waals surface area contributed by atoms with Crippen LogP contribution in [-0.4, -0.2) is 172 Å². The van der Waals surface area contributed by atoms with Crippen LogP contribution in [0.25, 0.3) is 55.2 Å². The number of alkyl halides is 15. The van der Waals surface area contributed by atoms with E-state index in [1.165, 1.54) is 24.3 Å². The number of sulfonamides is 2. The van der Waals surface area contributed by atoms with Crippen molar-refractivity contribution in [3.8, 4) is 11.4 Å². The molecule has 0 spiro atoms. The number of pyridine rings is 2. The van der Waals surface area contributed by atoms with Crippen molar-refractivity contribution < 1.29 is 119 Å². The van der Waals surface area contributed by atoms with Crippen LogP contribution in [0.15, 0.2) is 94.5 Å². The van der Waals surface area contributed by atoms with E-state index in [0.717, 1.165) is 53.1 Å². The Balaban J connectivity index is 0.000000188. The van der Waals surface area contributed by atoms with Crippen LogP contribution < -0.4 is 41.0 Å². The van der Waals surface area contributed by atoms with Crippen LogP contribution in [-0.2, 0) is 96.2 Å². The lowest BCUT2D eigenvalue weighted by molar-refractivity contribution is -0.143. The van der Waals surface area contributed by atoms with Gasteiger partial charge < -0.3 is 29.9 Å². The van der Waals surface area contributed by atoms with Gasteiger partial charge in [-0.3, -0.25) is 56.5 Å². The number of ether oxygens (including phenoxy) is 2. The number of carbonyl (C=O) groups excluding carboxylic acids is 2. The Morgan fingerprint density at radius 2 is 0.881 bits per heavy atom. The molecule has 30 nitrogen and oxygen atoms in total. The van der Waals surface area contributed by atoms with Gasteiger partial charge in [-0.15, -0.1) is 0 Å². The number of amides is 2. The van der Waals surface area contributed by atoms with E-state index in [-0.39, 0.29) is 96.6 Å². The topological polar surface area (TPSA) is 342 Å². The number of rotatable bonds is 23. The maximum atomic E-state index is 15.6. The molecule has 135 heavy (non-hydrogen) atoms. The van der Waals surface area contributed by atoms with Gasteiger partial charge in [0.2, 0.25) is 31.9 Å². The zero-order valence-electron chi connectivity index (χ0n) is 70.4. The summed E-state index contributed by atoms with van der Waals surface area (Å²) in [6.45, 7) is 2.42. The zero-order chi connectivity index (χ0) is 97.4. The number of anilines is 4. The number of fused-ring (bicyclic) bond motifs is 10. The minimum Gasteiger partial charge on any atom is -0.372 e. The molecule has 2 saturated heterocycles. The smallest absolute Gasteiger partial charge is 0.372 e. The maximum Gasteiger partial charge on any atom is 0.435 e. The molecular weight excluding hydrogens is 1920 g/mol. The molecule has 4 fully saturated rings. The summed E-state index contributed by atoms with van der Waals surface area (Å²) in [6.07, 6.45) is -20.0. The minimum atomic E-state index is -5.20. The molecule has 8 aromatic heterocycles. The molecule has 0 radical (unpaired) electrons. The summed E-state index contributed by atoms with van der Waals surface area (Å²) in [5, 5.41) is 17.7. The van der Waals surface area contributed by atoms with Crippen molar-refractivity contribution in [1.29, 1.82) is 0 Å². The summed E-state index contributed by atoms with van der Waals surface area (Å²) in [5.41, 5.74) is -11.0. The van der Waals surface area contributed by atoms with Crippen LogP contribution in [0.3, 0.4) is 0 Å². The van der Waals surface area contributed by atoms with Crippen molar-refractivity contribution >= 4 is 122 Å². The summed E-state index contributed by atoms with van der Waals surface area (Å²) in [5.74, 6) is -21.2. The van der Waals surface area contributed by atoms with Gasteiger partial charge in [-0.2, -0.15) is 77.5 Å². The molecule has 10 heterocycles. The first-order valence-electron chi connectivity index (χ1n) is 41.0. The molecule has 6 aliphatic rings. The van der Waals surface area contributed by atoms with Crippen molar-refractivity contribution in [2.24, 2.45) is 11.8 Å². The van der Waals surface area contributed by atoms with Gasteiger partial charge in [-0.1, -0.05) is 23.2 Å². The highest BCUT2D eigenvalue weighted by molar-refractivity contribution is 7.92. The molecule has 4 aliphatic carbocycles. The van der Waals surface area contributed by atoms with E-state index in [4.69, 9.17) is 32.7 Å². The molecule has 0 bridgehead atoms. The predicted molar refractivity (Wildman–Crippen MR) is 446 cm³/mol. The van der Waals surface area contributed by atoms with E-state index < -0.39 is 263 Å². The molecule has 0 unspecified atom stereocenters. The van der Waals surface area contributed by atoms with Crippen molar-refractivity contribution in [2.45, 2.75) is 165 Å². The number of benzene rings is 4. The largest absolute Gasteiger partial charge is 0.435 e. The lowest BCUT2D eigenvalue weighted by atomic mass is 10.0. The number of halogens is 21. The molecule has 12 aromatic rings. The molecule has 4 N–H and O–H groups in total. The third-order valence-electron chi connectivity index (χ3n) is 23.3. The maximum absolute atomic E-state index is 15.6. The molecule has 2 saturated carbocycles. The Bertz CT molecular complexity index is 7200. The second-order valence-electron chi connectivity index (χ2n) is 33.9. The highest BCUT2D eigenvalue weighted by Crippen LogP contribution is 2.70. The molecule has 18 rings (SSSR count). The Morgan fingerprint density at radius 3 is 1.24 bits per heavy atom. The Morgan fingerprint density at radius 1 is 0.511 bits per heavy atom. The molecule has 10 atom stereocenters. The van der Waals surface area contributed by atoms with Gasteiger partial charge in [0.25, 0.3) is 29.4 Å². The number of hydrogen-bond donors (Lipinski definition) is 4. The average Bonchev–Trinajstić information content (AvgIpc) is 1.51. The van der Waals surface area contributed by atoms with Crippen LogP contribution in [0.2, 0.25) is 10.0 Å². The standard InChI is InChI=1S/C41H35ClF10N10O5S.C41H36ClF9N10O5S/c1-17-13-59(14-18(2)67-17)28-7-4-22-35(54-28)55-37(62(38(22)64)27-6-5-25(42)31-32(27)61(16-39(45,46)47)57-36(31)58-68(3,65)66)26(10-19-8-20(43)11-21(44)9-19)53-29(63)15-60-34-30(33(56-60)41(50,51)52)23-12-24(23)40(34,48)49;1-17-13-58(14-18(2)66-17)28-7-4-22-36(53-28)54-38(61(39(22)63)27-6-5-25(42)31-33(27)60(16-40(47,48)49)56-37(31)57-67(3,64)65)26(10-19-8-20(43)11-21(44)9-19)52-29(62)15-59-34-30(32(55-59)35(45)46)23-12-24(23)41(34,50)51/h4-9,11,17-18,23-24,26H,10,12-16H2,1-3H3,(H,53,63)(H,57,58);4-9,11,17-18,23-24,26,35H,10,12-16H2,1-3H3,(H,52,62)(H,56,57)/t2*17-,18+,23-,24+,26-/m00/s1. The van der Waals surface area contributed by atoms with E-state index >= 15 is 27.2 Å². The first-order valence-corrected chi connectivity index (χ1v) is 45.5. The lowest BCUT2D eigenvalue weighted by Crippen LogP contribution is -2.45. The summed E-state index contributed by atoms with van der Waals surface area (Å²) >= 11 is 13.0. The van der Waals surface area contributed by atoms with E-state index in [1.807, 2.05) is 33.1 Å². The molecule has 4 aromatic carbocycles. The van der Waals surface area contributed by atoms with Crippen LogP contribution in [0, 0.1) is 35.1 Å². The number of nitrogens with zero attached hydrogens (tertiary/aromatic N) is 16. The Hall–Kier alpha value is -12.0. The second-order valence-corrected chi connectivity index (χ2v) is 38.2. The average molecular weight is 1990 g/mol. The predicted octanol–water partition coefficient (Wildman–Crippen LogP) is 14.2. The Kier molecular flexibility index (Phi) is 23.9. The Labute approximate surface area is 758 Å². The van der Waals surface area contributed by atoms with Crippen molar-refractivity contribution in [3.63, 3.8) is 0 Å². The van der Waals surface area contributed by atoms with E-state index in [9.17, 15) is 92.3 Å². The van der Waals surface area contributed by atoms with Crippen LogP contribution in [0.5, 0.6) is 0 Å². The lowest BCUT2D eigenvalue weighted by Gasteiger charge is -2.36. The van der Waals surface area contributed by atoms with E-state index in [0.29, 0.717) is 75.3 Å². The number of morpholine rings is 2. The van der Waals surface area contributed by atoms with Gasteiger partial charge >= 0.3 is 18.5 Å². The summed E-state index contributed by atoms with van der Waals surface area (Å²) in [6, 6.07) is 10.8. The van der Waals surface area contributed by atoms with Crippen LogP contribution >= 0.6 is 23.2 Å². The van der Waals surface area contributed by atoms with Gasteiger partial charge in [-0.05, 0) is 136 Å². The fraction of sp³-hybridized carbons (Fsp3) is 0.415. The summed E-state index contributed by atoms with van der Waals surface area (Å²) in [7, 11) is -8.50. The fourth-order valence-corrected chi connectivity index (χ4v) is 19.8. The van der Waals surface area contributed by atoms with E-state index in [1.54, 1.807) is 13.8 Å². The van der Waals surface area contributed by atoms with Gasteiger partial charge in [0.15, 0.2) is 28.6 Å². The molecule has 2 aliphatic heterocycles. The van der Waals surface area contributed by atoms with Gasteiger partial charge in [-0.25, -0.2) is 63.1 Å². The monoisotopic (exact) mass is 1990 g/mol. The van der Waals surface area contributed by atoms with E-state index in [2.05, 4.69) is 51.0 Å². The molecular formula is C82H71Cl2F19N20O10S2. The SMILES string of the molecule is C[C@@H]1CN(c2ccc3c(=O)n(-c4ccc(Cl)c5c(NS(C)(=O)=O)nn(CC(F)(F)F)c45)c([C@H](Cc4cc(F)cc(F)c4)NC(=O)Cn4nc(C(F)(F)F)c5c4C(F)(F)[C@@H]4C[C@H]54)nc3n2)C[C@H](C)O1.C[C@@H]1CN(c2ccc3c(=O)n(-c4ccc(Cl)c5c(NS(C)(=O)=O)nn(CC(F)(F)F)c45)c([C@H](Cc4cc(F)cc(F)c4)NC(=O)Cn4nc(C(F)F)c5c4C(F)(F)[C@@H]4C[C@H]54)nc3n2)C[C@H](C)O1. The third-order valence-corrected chi connectivity index (χ3v) is 25.1. The highest BCUT2D eigenvalue weighted by atomic mass is 35.5. The molecule has 2 amide bonds. The first-order chi connectivity index (χ1) is 63.0. The first kappa shape index (κ1) is 94.8. The number of nitrogens with one attached hydrogen (secondary N) is 4. The third kappa shape index (κ3) is 18.8. The van der Waals surface area contributed by atoms with Crippen molar-refractivity contribution in [2.75, 3.05) is 57.9 Å². The van der Waals surface area contributed by atoms with Crippen molar-refractivity contribution in [1.82, 2.24) is 78.8 Å². The fourth-order valence-electron chi connectivity index (χ4n) is 18.4. The zero-order valence-corrected chi connectivity index (χ0v) is 73.6. The summed E-state index contributed by atoms with van der Waals surface area (Å²) in [4.78, 5) is 80.8. The highest BCUT2D eigenvalue weighted by Gasteiger charge is 2.69. The normalized spacial score (nSPS) is 20.7. The second kappa shape index (κ2) is 34.1. The molecule has 718 valence electrons. The number of aromatic nitrogens is 14. The van der Waals surface area contributed by atoms with Crippen LogP contribution in [0.1, 0.15) is 128 Å². The van der Waals surface area contributed by atoms with Crippen LogP contribution in [0.4, 0.5) is 107 Å².